The fourth-order valence-electron chi connectivity index (χ4n) is 3.62. The molecule has 0 amide bonds. The lowest BCUT2D eigenvalue weighted by molar-refractivity contribution is 0.387. The first-order valence-corrected chi connectivity index (χ1v) is 10.0. The van der Waals surface area contributed by atoms with E-state index >= 15 is 0 Å². The average molecular weight is 383 g/mol. The molecule has 0 unspecified atom stereocenters. The summed E-state index contributed by atoms with van der Waals surface area (Å²) in [4.78, 5) is 11.7. The van der Waals surface area contributed by atoms with Gasteiger partial charge in [-0.15, -0.1) is 0 Å². The molecule has 0 aliphatic heterocycles. The van der Waals surface area contributed by atoms with Crippen molar-refractivity contribution in [2.45, 2.75) is 13.0 Å². The maximum absolute atomic E-state index is 5.13. The van der Waals surface area contributed by atoms with Crippen molar-refractivity contribution in [1.29, 1.82) is 0 Å². The Morgan fingerprint density at radius 1 is 0.793 bits per heavy atom. The predicted molar refractivity (Wildman–Crippen MR) is 120 cm³/mol. The van der Waals surface area contributed by atoms with Gasteiger partial charge in [-0.05, 0) is 39.2 Å². The van der Waals surface area contributed by atoms with Gasteiger partial charge in [-0.3, -0.25) is 4.98 Å². The van der Waals surface area contributed by atoms with Crippen LogP contribution in [0.1, 0.15) is 6.42 Å². The van der Waals surface area contributed by atoms with Crippen LogP contribution >= 0.6 is 0 Å². The maximum Gasteiger partial charge on any atom is 0.142 e. The zero-order valence-corrected chi connectivity index (χ0v) is 17.0. The van der Waals surface area contributed by atoms with E-state index in [-0.39, 0.29) is 0 Å². The molecule has 0 spiro atoms. The number of benzene rings is 2. The molecule has 0 bridgehead atoms. The van der Waals surface area contributed by atoms with Crippen molar-refractivity contribution in [3.05, 3.63) is 85.2 Å². The van der Waals surface area contributed by atoms with E-state index in [1.807, 2.05) is 18.3 Å². The highest BCUT2D eigenvalue weighted by molar-refractivity contribution is 5.82. The summed E-state index contributed by atoms with van der Waals surface area (Å²) < 4.78 is 2.36. The number of imidazole rings is 1. The monoisotopic (exact) mass is 382 g/mol. The van der Waals surface area contributed by atoms with Gasteiger partial charge in [0.15, 0.2) is 0 Å². The van der Waals surface area contributed by atoms with E-state index in [1.165, 1.54) is 5.56 Å². The van der Waals surface area contributed by atoms with Crippen molar-refractivity contribution in [2.75, 3.05) is 20.6 Å². The first-order valence-electron chi connectivity index (χ1n) is 10.0. The quantitative estimate of drug-likeness (QED) is 0.439. The Bertz CT molecular complexity index is 1040. The highest BCUT2D eigenvalue weighted by Gasteiger charge is 2.20. The zero-order valence-electron chi connectivity index (χ0n) is 17.0. The normalized spacial score (nSPS) is 11.1. The minimum atomic E-state index is 0.895. The lowest BCUT2D eigenvalue weighted by Gasteiger charge is -2.15. The van der Waals surface area contributed by atoms with Gasteiger partial charge in [-0.1, -0.05) is 60.7 Å². The predicted octanol–water partition coefficient (Wildman–Crippen LogP) is 5.23. The molecule has 0 fully saturated rings. The molecule has 29 heavy (non-hydrogen) atoms. The number of pyridine rings is 1. The molecule has 4 rings (SSSR count). The molecule has 0 aliphatic rings. The molecule has 0 saturated carbocycles. The summed E-state index contributed by atoms with van der Waals surface area (Å²) in [5.74, 6) is 0.967. The molecule has 0 aliphatic carbocycles. The largest absolute Gasteiger partial charge is 0.323 e. The first kappa shape index (κ1) is 19.1. The Balaban J connectivity index is 1.92. The lowest BCUT2D eigenvalue weighted by atomic mass is 10.0. The van der Waals surface area contributed by atoms with Crippen molar-refractivity contribution >= 4 is 0 Å². The number of hydrogen-bond acceptors (Lipinski definition) is 3. The highest BCUT2D eigenvalue weighted by Crippen LogP contribution is 2.36. The van der Waals surface area contributed by atoms with Crippen LogP contribution in [-0.2, 0) is 6.54 Å². The molecule has 4 heteroatoms. The van der Waals surface area contributed by atoms with E-state index < -0.39 is 0 Å². The van der Waals surface area contributed by atoms with Gasteiger partial charge < -0.3 is 9.47 Å². The smallest absolute Gasteiger partial charge is 0.142 e. The van der Waals surface area contributed by atoms with Crippen LogP contribution in [0.3, 0.4) is 0 Å². The van der Waals surface area contributed by atoms with Crippen molar-refractivity contribution in [1.82, 2.24) is 19.4 Å². The third-order valence-corrected chi connectivity index (χ3v) is 4.97. The van der Waals surface area contributed by atoms with Crippen LogP contribution in [-0.4, -0.2) is 40.1 Å². The van der Waals surface area contributed by atoms with Crippen molar-refractivity contribution < 1.29 is 0 Å². The summed E-state index contributed by atoms with van der Waals surface area (Å²) >= 11 is 0. The van der Waals surface area contributed by atoms with Crippen LogP contribution in [0.15, 0.2) is 85.2 Å². The maximum atomic E-state index is 5.13. The molecule has 2 aromatic carbocycles. The van der Waals surface area contributed by atoms with Gasteiger partial charge in [-0.2, -0.15) is 0 Å². The summed E-state index contributed by atoms with van der Waals surface area (Å²) in [6.45, 7) is 1.92. The second kappa shape index (κ2) is 8.84. The Hall–Kier alpha value is -3.24. The summed E-state index contributed by atoms with van der Waals surface area (Å²) in [6.07, 6.45) is 4.75. The van der Waals surface area contributed by atoms with Gasteiger partial charge in [0.1, 0.15) is 5.82 Å². The Labute approximate surface area is 172 Å². The van der Waals surface area contributed by atoms with E-state index in [4.69, 9.17) is 4.98 Å². The molecular weight excluding hydrogens is 356 g/mol. The van der Waals surface area contributed by atoms with Gasteiger partial charge in [0.25, 0.3) is 0 Å². The minimum Gasteiger partial charge on any atom is -0.323 e. The third kappa shape index (κ3) is 4.28. The summed E-state index contributed by atoms with van der Waals surface area (Å²) in [7, 11) is 4.23. The SMILES string of the molecule is CN(C)CCCn1c(-c2cccnc2)nc(-c2ccccc2)c1-c1ccccc1. The fraction of sp³-hybridized carbons (Fsp3) is 0.200. The van der Waals surface area contributed by atoms with E-state index in [0.29, 0.717) is 0 Å². The second-order valence-corrected chi connectivity index (χ2v) is 7.41. The summed E-state index contributed by atoms with van der Waals surface area (Å²) in [6, 6.07) is 25.1. The van der Waals surface area contributed by atoms with Gasteiger partial charge in [0.05, 0.1) is 11.4 Å². The van der Waals surface area contributed by atoms with Crippen LogP contribution in [0.5, 0.6) is 0 Å². The first-order chi connectivity index (χ1) is 14.2. The fourth-order valence-corrected chi connectivity index (χ4v) is 3.62. The minimum absolute atomic E-state index is 0.895. The van der Waals surface area contributed by atoms with E-state index in [1.54, 1.807) is 6.20 Å². The molecule has 2 aromatic heterocycles. The van der Waals surface area contributed by atoms with Crippen molar-refractivity contribution in [3.63, 3.8) is 0 Å². The molecule has 0 saturated heterocycles. The van der Waals surface area contributed by atoms with Crippen LogP contribution in [0.25, 0.3) is 33.9 Å². The molecule has 0 atom stereocenters. The molecular formula is C25H26N4. The van der Waals surface area contributed by atoms with Crippen molar-refractivity contribution in [2.24, 2.45) is 0 Å². The van der Waals surface area contributed by atoms with Crippen LogP contribution in [0, 0.1) is 0 Å². The van der Waals surface area contributed by atoms with E-state index in [2.05, 4.69) is 89.2 Å². The Kier molecular flexibility index (Phi) is 5.82. The van der Waals surface area contributed by atoms with Crippen LogP contribution < -0.4 is 0 Å². The van der Waals surface area contributed by atoms with Crippen LogP contribution in [0.4, 0.5) is 0 Å². The van der Waals surface area contributed by atoms with E-state index in [0.717, 1.165) is 47.8 Å². The van der Waals surface area contributed by atoms with Crippen molar-refractivity contribution in [3.8, 4) is 33.9 Å². The number of nitrogens with zero attached hydrogens (tertiary/aromatic N) is 4. The Morgan fingerprint density at radius 2 is 1.45 bits per heavy atom. The second-order valence-electron chi connectivity index (χ2n) is 7.41. The third-order valence-electron chi connectivity index (χ3n) is 4.97. The molecule has 0 N–H and O–H groups in total. The number of rotatable bonds is 7. The summed E-state index contributed by atoms with van der Waals surface area (Å²) in [5.41, 5.74) is 5.52. The number of hydrogen-bond donors (Lipinski definition) is 0. The number of aromatic nitrogens is 3. The van der Waals surface area contributed by atoms with Gasteiger partial charge >= 0.3 is 0 Å². The molecule has 4 aromatic rings. The van der Waals surface area contributed by atoms with Gasteiger partial charge in [-0.25, -0.2) is 4.98 Å². The van der Waals surface area contributed by atoms with E-state index in [9.17, 15) is 0 Å². The van der Waals surface area contributed by atoms with Gasteiger partial charge in [0, 0.05) is 35.6 Å². The molecule has 0 radical (unpaired) electrons. The zero-order chi connectivity index (χ0) is 20.1. The van der Waals surface area contributed by atoms with Crippen LogP contribution in [0.2, 0.25) is 0 Å². The standard InChI is InChI=1S/C25H26N4/c1-28(2)17-10-18-29-24(21-13-7-4-8-14-21)23(20-11-5-3-6-12-20)27-25(29)22-15-9-16-26-19-22/h3-9,11-16,19H,10,17-18H2,1-2H3. The molecule has 146 valence electrons. The molecule has 4 nitrogen and oxygen atoms in total. The van der Waals surface area contributed by atoms with Gasteiger partial charge in [0.2, 0.25) is 0 Å². The Morgan fingerprint density at radius 3 is 2.07 bits per heavy atom. The lowest BCUT2D eigenvalue weighted by Crippen LogP contribution is -2.15. The topological polar surface area (TPSA) is 34.0 Å². The highest BCUT2D eigenvalue weighted by atomic mass is 15.1. The molecule has 2 heterocycles. The average Bonchev–Trinajstić information content (AvgIpc) is 3.15. The summed E-state index contributed by atoms with van der Waals surface area (Å²) in [5, 5.41) is 0.